The normalized spacial score (nSPS) is 17.7. The van der Waals surface area contributed by atoms with Crippen molar-refractivity contribution in [3.05, 3.63) is 29.3 Å². The molecule has 0 radical (unpaired) electrons. The first kappa shape index (κ1) is 18.9. The molecule has 126 valence electrons. The van der Waals surface area contributed by atoms with Gasteiger partial charge in [0.25, 0.3) is 0 Å². The summed E-state index contributed by atoms with van der Waals surface area (Å²) < 4.78 is 72.5. The van der Waals surface area contributed by atoms with E-state index >= 15 is 0 Å². The van der Waals surface area contributed by atoms with E-state index < -0.39 is 29.4 Å². The van der Waals surface area contributed by atoms with Crippen LogP contribution in [0.3, 0.4) is 0 Å². The fraction of sp³-hybridized carbons (Fsp3) is 0.538. The molecule has 1 heterocycles. The lowest BCUT2D eigenvalue weighted by Gasteiger charge is -2.36. The first-order valence-electron chi connectivity index (χ1n) is 6.39. The van der Waals surface area contributed by atoms with Crippen molar-refractivity contribution in [3.63, 3.8) is 0 Å². The molecule has 3 nitrogen and oxygen atoms in total. The van der Waals surface area contributed by atoms with Gasteiger partial charge in [-0.1, -0.05) is 0 Å². The van der Waals surface area contributed by atoms with E-state index in [-0.39, 0.29) is 31.2 Å². The topological polar surface area (TPSA) is 24.5 Å². The Hall–Kier alpha value is -1.12. The summed E-state index contributed by atoms with van der Waals surface area (Å²) in [6, 6.07) is -0.774. The molecule has 1 atom stereocenters. The van der Waals surface area contributed by atoms with E-state index in [0.717, 1.165) is 17.0 Å². The molecule has 1 aromatic carbocycles. The van der Waals surface area contributed by atoms with Crippen molar-refractivity contribution in [2.24, 2.45) is 0 Å². The van der Waals surface area contributed by atoms with E-state index in [2.05, 4.69) is 10.1 Å². The Kier molecular flexibility index (Phi) is 6.39. The monoisotopic (exact) mass is 346 g/mol. The van der Waals surface area contributed by atoms with Crippen LogP contribution >= 0.6 is 12.4 Å². The molecule has 22 heavy (non-hydrogen) atoms. The lowest BCUT2D eigenvalue weighted by atomic mass is 10.0. The largest absolute Gasteiger partial charge is 0.497 e. The summed E-state index contributed by atoms with van der Waals surface area (Å²) in [6.45, 7) is 0.808. The number of piperazine rings is 1. The first-order valence-corrected chi connectivity index (χ1v) is 6.39. The summed E-state index contributed by atoms with van der Waals surface area (Å²) in [5.41, 5.74) is -0.981. The van der Waals surface area contributed by atoms with Crippen LogP contribution in [-0.2, 0) is 0 Å². The maximum atomic E-state index is 14.0. The SMILES string of the molecule is COc1cc(F)c([C@@H](N2CCNCC2)C(F)(F)F)c(F)c1.Cl. The summed E-state index contributed by atoms with van der Waals surface area (Å²) in [5.74, 6) is -2.67. The van der Waals surface area contributed by atoms with Gasteiger partial charge in [-0.3, -0.25) is 4.90 Å². The van der Waals surface area contributed by atoms with Gasteiger partial charge in [0, 0.05) is 38.3 Å². The lowest BCUT2D eigenvalue weighted by molar-refractivity contribution is -0.189. The number of benzene rings is 1. The highest BCUT2D eigenvalue weighted by Crippen LogP contribution is 2.40. The molecule has 0 spiro atoms. The maximum Gasteiger partial charge on any atom is 0.408 e. The summed E-state index contributed by atoms with van der Waals surface area (Å²) in [6.07, 6.45) is -4.77. The molecular weight excluding hydrogens is 331 g/mol. The van der Waals surface area contributed by atoms with Crippen molar-refractivity contribution in [2.45, 2.75) is 12.2 Å². The zero-order chi connectivity index (χ0) is 15.6. The van der Waals surface area contributed by atoms with Crippen LogP contribution in [0.1, 0.15) is 11.6 Å². The predicted octanol–water partition coefficient (Wildman–Crippen LogP) is 2.90. The van der Waals surface area contributed by atoms with Crippen LogP contribution in [0.2, 0.25) is 0 Å². The summed E-state index contributed by atoms with van der Waals surface area (Å²) in [7, 11) is 1.19. The van der Waals surface area contributed by atoms with E-state index in [9.17, 15) is 22.0 Å². The minimum absolute atomic E-state index is 0. The number of hydrogen-bond donors (Lipinski definition) is 1. The summed E-state index contributed by atoms with van der Waals surface area (Å²) in [5, 5.41) is 2.90. The Morgan fingerprint density at radius 1 is 1.14 bits per heavy atom. The van der Waals surface area contributed by atoms with Gasteiger partial charge in [0.15, 0.2) is 0 Å². The Morgan fingerprint density at radius 3 is 2.05 bits per heavy atom. The third kappa shape index (κ3) is 3.99. The maximum absolute atomic E-state index is 14.0. The highest BCUT2D eigenvalue weighted by atomic mass is 35.5. The van der Waals surface area contributed by atoms with Gasteiger partial charge in [0.05, 0.1) is 12.7 Å². The van der Waals surface area contributed by atoms with E-state index in [4.69, 9.17) is 0 Å². The molecule has 2 rings (SSSR count). The van der Waals surface area contributed by atoms with Crippen LogP contribution in [0.5, 0.6) is 5.75 Å². The first-order chi connectivity index (χ1) is 9.84. The van der Waals surface area contributed by atoms with E-state index in [1.54, 1.807) is 0 Å². The Labute approximate surface area is 130 Å². The molecular formula is C13H16ClF5N2O. The highest BCUT2D eigenvalue weighted by molar-refractivity contribution is 5.85. The number of methoxy groups -OCH3 is 1. The molecule has 9 heteroatoms. The molecule has 0 bridgehead atoms. The fourth-order valence-corrected chi connectivity index (χ4v) is 2.43. The predicted molar refractivity (Wildman–Crippen MR) is 73.4 cm³/mol. The second-order valence-electron chi connectivity index (χ2n) is 4.73. The van der Waals surface area contributed by atoms with E-state index in [1.165, 1.54) is 7.11 Å². The Morgan fingerprint density at radius 2 is 1.64 bits per heavy atom. The average Bonchev–Trinajstić information content (AvgIpc) is 2.42. The third-order valence-corrected chi connectivity index (χ3v) is 3.39. The molecule has 1 fully saturated rings. The quantitative estimate of drug-likeness (QED) is 0.852. The second-order valence-corrected chi connectivity index (χ2v) is 4.73. The molecule has 0 amide bonds. The zero-order valence-electron chi connectivity index (χ0n) is 11.7. The Bertz CT molecular complexity index is 483. The molecule has 1 saturated heterocycles. The number of nitrogens with one attached hydrogen (secondary N) is 1. The van der Waals surface area contributed by atoms with Crippen LogP contribution in [-0.4, -0.2) is 44.4 Å². The number of alkyl halides is 3. The van der Waals surface area contributed by atoms with Gasteiger partial charge in [-0.15, -0.1) is 12.4 Å². The molecule has 0 aromatic heterocycles. The van der Waals surface area contributed by atoms with E-state index in [1.807, 2.05) is 0 Å². The highest BCUT2D eigenvalue weighted by Gasteiger charge is 2.47. The number of rotatable bonds is 3. The molecule has 0 saturated carbocycles. The van der Waals surface area contributed by atoms with Crippen LogP contribution < -0.4 is 10.1 Å². The van der Waals surface area contributed by atoms with Gasteiger partial charge in [-0.25, -0.2) is 8.78 Å². The van der Waals surface area contributed by atoms with Gasteiger partial charge in [-0.05, 0) is 0 Å². The van der Waals surface area contributed by atoms with Crippen molar-refractivity contribution in [1.82, 2.24) is 10.2 Å². The molecule has 1 aliphatic rings. The molecule has 0 aliphatic carbocycles. The third-order valence-electron chi connectivity index (χ3n) is 3.39. The van der Waals surface area contributed by atoms with Crippen LogP contribution in [0.4, 0.5) is 22.0 Å². The lowest BCUT2D eigenvalue weighted by Crippen LogP contribution is -2.49. The van der Waals surface area contributed by atoms with Crippen molar-refractivity contribution in [3.8, 4) is 5.75 Å². The molecule has 1 aromatic rings. The summed E-state index contributed by atoms with van der Waals surface area (Å²) >= 11 is 0. The van der Waals surface area contributed by atoms with Crippen LogP contribution in [0.25, 0.3) is 0 Å². The summed E-state index contributed by atoms with van der Waals surface area (Å²) in [4.78, 5) is 1.03. The van der Waals surface area contributed by atoms with Gasteiger partial charge < -0.3 is 10.1 Å². The van der Waals surface area contributed by atoms with Gasteiger partial charge in [0.2, 0.25) is 0 Å². The number of hydrogen-bond acceptors (Lipinski definition) is 3. The average molecular weight is 347 g/mol. The number of ether oxygens (including phenoxy) is 1. The van der Waals surface area contributed by atoms with Crippen molar-refractivity contribution in [1.29, 1.82) is 0 Å². The van der Waals surface area contributed by atoms with Gasteiger partial charge in [0.1, 0.15) is 23.4 Å². The molecule has 0 unspecified atom stereocenters. The number of nitrogens with zero attached hydrogens (tertiary/aromatic N) is 1. The minimum atomic E-state index is -4.77. The fourth-order valence-electron chi connectivity index (χ4n) is 2.43. The Balaban J connectivity index is 0.00000242. The van der Waals surface area contributed by atoms with Crippen LogP contribution in [0, 0.1) is 11.6 Å². The van der Waals surface area contributed by atoms with Crippen molar-refractivity contribution >= 4 is 12.4 Å². The van der Waals surface area contributed by atoms with E-state index in [0.29, 0.717) is 13.1 Å². The molecule has 1 aliphatic heterocycles. The second kappa shape index (κ2) is 7.43. The van der Waals surface area contributed by atoms with Gasteiger partial charge in [-0.2, -0.15) is 13.2 Å². The smallest absolute Gasteiger partial charge is 0.408 e. The van der Waals surface area contributed by atoms with Crippen molar-refractivity contribution < 1.29 is 26.7 Å². The zero-order valence-corrected chi connectivity index (χ0v) is 12.5. The van der Waals surface area contributed by atoms with Gasteiger partial charge >= 0.3 is 6.18 Å². The minimum Gasteiger partial charge on any atom is -0.497 e. The molecule has 1 N–H and O–H groups in total. The van der Waals surface area contributed by atoms with Crippen LogP contribution in [0.15, 0.2) is 12.1 Å². The standard InChI is InChI=1S/C13H15F5N2O.ClH/c1-21-8-6-9(14)11(10(15)7-8)12(13(16,17)18)20-4-2-19-3-5-20;/h6-7,12,19H,2-5H2,1H3;1H/t12-;/m1./s1. The van der Waals surface area contributed by atoms with Crippen molar-refractivity contribution in [2.75, 3.05) is 33.3 Å². The number of halogens is 6.